The largest absolute Gasteiger partial charge is 0.478 e. The monoisotopic (exact) mass is 289 g/mol. The fourth-order valence-corrected chi connectivity index (χ4v) is 2.92. The van der Waals surface area contributed by atoms with Gasteiger partial charge in [0, 0.05) is 23.2 Å². The van der Waals surface area contributed by atoms with Crippen molar-refractivity contribution in [1.82, 2.24) is 4.57 Å². The lowest BCUT2D eigenvalue weighted by atomic mass is 10.0. The van der Waals surface area contributed by atoms with Gasteiger partial charge in [-0.3, -0.25) is 4.79 Å². The Hall–Kier alpha value is -2.14. The molecule has 2 N–H and O–H groups in total. The van der Waals surface area contributed by atoms with Crippen LogP contribution in [0.2, 0.25) is 0 Å². The molecule has 21 heavy (non-hydrogen) atoms. The van der Waals surface area contributed by atoms with Gasteiger partial charge in [0.1, 0.15) is 0 Å². The number of aromatic nitrogens is 1. The molecule has 0 amide bonds. The third-order valence-electron chi connectivity index (χ3n) is 3.80. The van der Waals surface area contributed by atoms with Crippen molar-refractivity contribution in [3.63, 3.8) is 0 Å². The van der Waals surface area contributed by atoms with E-state index in [2.05, 4.69) is 0 Å². The third-order valence-corrected chi connectivity index (χ3v) is 3.80. The number of Topliss-reactive ketones (excluding diaryl/α,β-unsaturated/α-hetero) is 1. The Morgan fingerprint density at radius 1 is 1.29 bits per heavy atom. The van der Waals surface area contributed by atoms with Crippen LogP contribution in [-0.4, -0.2) is 33.1 Å². The van der Waals surface area contributed by atoms with E-state index in [1.165, 1.54) is 6.92 Å². The molecule has 0 saturated carbocycles. The molecule has 1 heterocycles. The van der Waals surface area contributed by atoms with Gasteiger partial charge in [-0.05, 0) is 38.0 Å². The molecule has 0 unspecified atom stereocenters. The van der Waals surface area contributed by atoms with E-state index in [1.54, 1.807) is 12.1 Å². The summed E-state index contributed by atoms with van der Waals surface area (Å²) in [5.41, 5.74) is 3.20. The summed E-state index contributed by atoms with van der Waals surface area (Å²) in [6, 6.07) is 3.19. The van der Waals surface area contributed by atoms with E-state index in [0.29, 0.717) is 23.9 Å². The number of hydrogen-bond donors (Lipinski definition) is 2. The number of aliphatic hydroxyl groups is 1. The first-order valence-corrected chi connectivity index (χ1v) is 6.93. The number of aryl methyl sites for hydroxylation is 1. The molecule has 0 radical (unpaired) electrons. The minimum atomic E-state index is -1.01. The Morgan fingerprint density at radius 2 is 1.95 bits per heavy atom. The van der Waals surface area contributed by atoms with E-state index in [-0.39, 0.29) is 18.0 Å². The number of aliphatic hydroxyl groups excluding tert-OH is 1. The number of carboxylic acids is 1. The van der Waals surface area contributed by atoms with Crippen LogP contribution in [0.25, 0.3) is 10.9 Å². The first kappa shape index (κ1) is 15.3. The summed E-state index contributed by atoms with van der Waals surface area (Å²) < 4.78 is 1.90. The van der Waals surface area contributed by atoms with Crippen LogP contribution in [-0.2, 0) is 13.0 Å². The minimum absolute atomic E-state index is 0.0359. The number of fused-ring (bicyclic) bond motifs is 1. The Balaban J connectivity index is 2.95. The Labute approximate surface area is 122 Å². The van der Waals surface area contributed by atoms with Gasteiger partial charge in [-0.1, -0.05) is 6.92 Å². The quantitative estimate of drug-likeness (QED) is 0.828. The van der Waals surface area contributed by atoms with Crippen molar-refractivity contribution in [2.75, 3.05) is 6.61 Å². The lowest BCUT2D eigenvalue weighted by Crippen LogP contribution is -2.06. The summed E-state index contributed by atoms with van der Waals surface area (Å²) in [7, 11) is 0. The summed E-state index contributed by atoms with van der Waals surface area (Å²) in [4.78, 5) is 23.2. The maximum absolute atomic E-state index is 12.0. The van der Waals surface area contributed by atoms with E-state index in [1.807, 2.05) is 18.4 Å². The van der Waals surface area contributed by atoms with Crippen LogP contribution in [0.3, 0.4) is 0 Å². The SMILES string of the molecule is CCc1cc(C(=O)O)cc2c(C(C)=O)c(C)n(CCO)c12. The van der Waals surface area contributed by atoms with E-state index < -0.39 is 5.97 Å². The fraction of sp³-hybridized carbons (Fsp3) is 0.375. The van der Waals surface area contributed by atoms with Crippen molar-refractivity contribution in [2.45, 2.75) is 33.7 Å². The molecule has 0 aliphatic heterocycles. The highest BCUT2D eigenvalue weighted by atomic mass is 16.4. The predicted octanol–water partition coefficient (Wildman–Crippen LogP) is 2.41. The molecule has 0 saturated heterocycles. The molecular formula is C16H19NO4. The van der Waals surface area contributed by atoms with Crippen molar-refractivity contribution in [3.05, 3.63) is 34.5 Å². The molecule has 2 aromatic rings. The van der Waals surface area contributed by atoms with Crippen LogP contribution >= 0.6 is 0 Å². The van der Waals surface area contributed by atoms with Crippen molar-refractivity contribution in [3.8, 4) is 0 Å². The predicted molar refractivity (Wildman–Crippen MR) is 80.1 cm³/mol. The van der Waals surface area contributed by atoms with Gasteiger partial charge in [0.25, 0.3) is 0 Å². The second-order valence-corrected chi connectivity index (χ2v) is 5.08. The number of carbonyl (C=O) groups is 2. The van der Waals surface area contributed by atoms with E-state index >= 15 is 0 Å². The third kappa shape index (κ3) is 2.45. The zero-order chi connectivity index (χ0) is 15.7. The number of rotatable bonds is 5. The fourth-order valence-electron chi connectivity index (χ4n) is 2.92. The molecule has 2 rings (SSSR count). The standard InChI is InChI=1S/C16H19NO4/c1-4-11-7-12(16(20)21)8-13-14(10(3)19)9(2)17(5-6-18)15(11)13/h7-8,18H,4-6H2,1-3H3,(H,20,21). The van der Waals surface area contributed by atoms with Crippen molar-refractivity contribution < 1.29 is 19.8 Å². The molecule has 5 heteroatoms. The Morgan fingerprint density at radius 3 is 2.43 bits per heavy atom. The maximum atomic E-state index is 12.0. The normalized spacial score (nSPS) is 11.0. The molecule has 0 aliphatic rings. The Kier molecular flexibility index (Phi) is 4.14. The van der Waals surface area contributed by atoms with Gasteiger partial charge < -0.3 is 14.8 Å². The summed E-state index contributed by atoms with van der Waals surface area (Å²) in [5, 5.41) is 19.2. The summed E-state index contributed by atoms with van der Waals surface area (Å²) in [6.45, 7) is 5.59. The number of carboxylic acid groups (broad SMARTS) is 1. The second kappa shape index (κ2) is 5.69. The molecule has 0 aliphatic carbocycles. The summed E-state index contributed by atoms with van der Waals surface area (Å²) >= 11 is 0. The number of nitrogens with zero attached hydrogens (tertiary/aromatic N) is 1. The maximum Gasteiger partial charge on any atom is 0.335 e. The molecule has 0 atom stereocenters. The molecule has 112 valence electrons. The minimum Gasteiger partial charge on any atom is -0.478 e. The lowest BCUT2D eigenvalue weighted by Gasteiger charge is -2.10. The van der Waals surface area contributed by atoms with Crippen LogP contribution in [0.1, 0.15) is 45.8 Å². The Bertz CT molecular complexity index is 728. The van der Waals surface area contributed by atoms with Gasteiger partial charge in [-0.25, -0.2) is 4.79 Å². The van der Waals surface area contributed by atoms with Gasteiger partial charge in [-0.2, -0.15) is 0 Å². The van der Waals surface area contributed by atoms with E-state index in [0.717, 1.165) is 16.8 Å². The first-order valence-electron chi connectivity index (χ1n) is 6.93. The van der Waals surface area contributed by atoms with Crippen LogP contribution in [0, 0.1) is 6.92 Å². The topological polar surface area (TPSA) is 79.5 Å². The first-order chi connectivity index (χ1) is 9.92. The average Bonchev–Trinajstić information content (AvgIpc) is 2.71. The average molecular weight is 289 g/mol. The van der Waals surface area contributed by atoms with Crippen molar-refractivity contribution in [1.29, 1.82) is 0 Å². The zero-order valence-corrected chi connectivity index (χ0v) is 12.4. The summed E-state index contributed by atoms with van der Waals surface area (Å²) in [5.74, 6) is -1.10. The number of benzene rings is 1. The van der Waals surface area contributed by atoms with Crippen molar-refractivity contribution in [2.24, 2.45) is 0 Å². The highest BCUT2D eigenvalue weighted by Crippen LogP contribution is 2.31. The highest BCUT2D eigenvalue weighted by molar-refractivity contribution is 6.10. The number of aromatic carboxylic acids is 1. The molecule has 1 aromatic carbocycles. The number of hydrogen-bond acceptors (Lipinski definition) is 3. The van der Waals surface area contributed by atoms with Gasteiger partial charge in [-0.15, -0.1) is 0 Å². The molecule has 0 spiro atoms. The lowest BCUT2D eigenvalue weighted by molar-refractivity contribution is 0.0696. The smallest absolute Gasteiger partial charge is 0.335 e. The van der Waals surface area contributed by atoms with Crippen LogP contribution in [0.15, 0.2) is 12.1 Å². The molecule has 0 bridgehead atoms. The molecule has 5 nitrogen and oxygen atoms in total. The van der Waals surface area contributed by atoms with Crippen LogP contribution in [0.5, 0.6) is 0 Å². The zero-order valence-electron chi connectivity index (χ0n) is 12.4. The van der Waals surface area contributed by atoms with Crippen LogP contribution in [0.4, 0.5) is 0 Å². The van der Waals surface area contributed by atoms with Crippen molar-refractivity contribution >= 4 is 22.7 Å². The molecule has 0 fully saturated rings. The highest BCUT2D eigenvalue weighted by Gasteiger charge is 2.21. The van der Waals surface area contributed by atoms with Crippen LogP contribution < -0.4 is 0 Å². The van der Waals surface area contributed by atoms with Gasteiger partial charge in [0.2, 0.25) is 0 Å². The van der Waals surface area contributed by atoms with E-state index in [9.17, 15) is 19.8 Å². The molecular weight excluding hydrogens is 270 g/mol. The molecule has 1 aromatic heterocycles. The van der Waals surface area contributed by atoms with Gasteiger partial charge in [0.05, 0.1) is 17.7 Å². The number of ketones is 1. The van der Waals surface area contributed by atoms with Gasteiger partial charge in [0.15, 0.2) is 5.78 Å². The van der Waals surface area contributed by atoms with E-state index in [4.69, 9.17) is 0 Å². The number of carbonyl (C=O) groups excluding carboxylic acids is 1. The second-order valence-electron chi connectivity index (χ2n) is 5.08. The summed E-state index contributed by atoms with van der Waals surface area (Å²) in [6.07, 6.45) is 0.657. The van der Waals surface area contributed by atoms with Gasteiger partial charge >= 0.3 is 5.97 Å².